The van der Waals surface area contributed by atoms with Crippen molar-refractivity contribution in [1.29, 1.82) is 0 Å². The minimum atomic E-state index is -0.379. The number of aromatic nitrogens is 3. The van der Waals surface area contributed by atoms with E-state index in [4.69, 9.17) is 0 Å². The number of hydrogen-bond acceptors (Lipinski definition) is 4. The molecule has 0 fully saturated rings. The zero-order chi connectivity index (χ0) is 19.4. The number of thioether (sulfide) groups is 1. The highest BCUT2D eigenvalue weighted by Crippen LogP contribution is 2.24. The summed E-state index contributed by atoms with van der Waals surface area (Å²) in [6, 6.07) is 12.5. The van der Waals surface area contributed by atoms with Gasteiger partial charge in [0.05, 0.1) is 11.3 Å². The first kappa shape index (κ1) is 19.0. The van der Waals surface area contributed by atoms with Gasteiger partial charge in [-0.25, -0.2) is 8.78 Å². The molecular weight excluding hydrogens is 370 g/mol. The number of hydrogen-bond donors (Lipinski definition) is 0. The molecule has 2 aromatic carbocycles. The number of carbonyl (C=O) groups excluding carboxylic acids is 1. The summed E-state index contributed by atoms with van der Waals surface area (Å²) in [7, 11) is 3.39. The van der Waals surface area contributed by atoms with E-state index in [-0.39, 0.29) is 23.3 Å². The smallest absolute Gasteiger partial charge is 0.233 e. The number of benzene rings is 2. The molecule has 0 bridgehead atoms. The second-order valence-corrected chi connectivity index (χ2v) is 6.96. The van der Waals surface area contributed by atoms with Crippen LogP contribution in [0.4, 0.5) is 8.78 Å². The van der Waals surface area contributed by atoms with Crippen molar-refractivity contribution in [2.24, 2.45) is 7.05 Å². The summed E-state index contributed by atoms with van der Waals surface area (Å²) >= 11 is 1.22. The number of halogens is 2. The largest absolute Gasteiger partial charge is 0.341 e. The van der Waals surface area contributed by atoms with Gasteiger partial charge in [0.2, 0.25) is 5.91 Å². The summed E-state index contributed by atoms with van der Waals surface area (Å²) in [5.74, 6) is -0.288. The lowest BCUT2D eigenvalue weighted by molar-refractivity contribution is -0.127. The topological polar surface area (TPSA) is 51.0 Å². The van der Waals surface area contributed by atoms with Crippen molar-refractivity contribution >= 4 is 17.7 Å². The van der Waals surface area contributed by atoms with Crippen LogP contribution in [0.25, 0.3) is 11.4 Å². The third-order valence-electron chi connectivity index (χ3n) is 4.01. The second-order valence-electron chi connectivity index (χ2n) is 6.01. The molecule has 1 amide bonds. The van der Waals surface area contributed by atoms with E-state index in [1.807, 2.05) is 0 Å². The second kappa shape index (κ2) is 8.30. The van der Waals surface area contributed by atoms with Gasteiger partial charge in [0.1, 0.15) is 11.6 Å². The van der Waals surface area contributed by atoms with Crippen molar-refractivity contribution in [2.45, 2.75) is 11.7 Å². The van der Waals surface area contributed by atoms with Gasteiger partial charge in [-0.05, 0) is 29.8 Å². The van der Waals surface area contributed by atoms with Crippen LogP contribution in [0.15, 0.2) is 53.7 Å². The van der Waals surface area contributed by atoms with Crippen LogP contribution in [0.1, 0.15) is 5.56 Å². The Morgan fingerprint density at radius 3 is 2.67 bits per heavy atom. The summed E-state index contributed by atoms with van der Waals surface area (Å²) in [5.41, 5.74) is 1.07. The molecule has 27 heavy (non-hydrogen) atoms. The van der Waals surface area contributed by atoms with E-state index < -0.39 is 0 Å². The average Bonchev–Trinajstić information content (AvgIpc) is 3.00. The third-order valence-corrected chi connectivity index (χ3v) is 5.01. The highest BCUT2D eigenvalue weighted by Gasteiger charge is 2.17. The van der Waals surface area contributed by atoms with Crippen LogP contribution >= 0.6 is 11.8 Å². The molecule has 0 unspecified atom stereocenters. The van der Waals surface area contributed by atoms with Crippen molar-refractivity contribution in [2.75, 3.05) is 12.8 Å². The van der Waals surface area contributed by atoms with E-state index in [2.05, 4.69) is 10.2 Å². The molecule has 1 heterocycles. The fourth-order valence-electron chi connectivity index (χ4n) is 2.55. The predicted octanol–water partition coefficient (Wildman–Crippen LogP) is 3.51. The lowest BCUT2D eigenvalue weighted by atomic mass is 10.2. The molecule has 0 spiro atoms. The first-order valence-electron chi connectivity index (χ1n) is 8.21. The molecule has 0 aliphatic rings. The van der Waals surface area contributed by atoms with Gasteiger partial charge >= 0.3 is 0 Å². The summed E-state index contributed by atoms with van der Waals surface area (Å²) in [6.07, 6.45) is 0. The zero-order valence-electron chi connectivity index (χ0n) is 14.9. The van der Waals surface area contributed by atoms with Gasteiger partial charge in [0, 0.05) is 20.6 Å². The molecule has 0 N–H and O–H groups in total. The Balaban J connectivity index is 1.63. The number of amides is 1. The van der Waals surface area contributed by atoms with Crippen LogP contribution in [-0.2, 0) is 18.4 Å². The van der Waals surface area contributed by atoms with Gasteiger partial charge in [-0.1, -0.05) is 36.0 Å². The minimum absolute atomic E-state index is 0.125. The Morgan fingerprint density at radius 2 is 1.93 bits per heavy atom. The standard InChI is InChI=1S/C19H18F2N4OS/c1-24(11-13-6-5-7-14(20)10-13)17(26)12-27-19-23-22-18(25(19)2)15-8-3-4-9-16(15)21/h3-10H,11-12H2,1-2H3. The quantitative estimate of drug-likeness (QED) is 0.607. The molecule has 140 valence electrons. The maximum atomic E-state index is 13.9. The van der Waals surface area contributed by atoms with Crippen molar-refractivity contribution in [3.05, 3.63) is 65.7 Å². The lowest BCUT2D eigenvalue weighted by Gasteiger charge is -2.17. The van der Waals surface area contributed by atoms with E-state index in [9.17, 15) is 13.6 Å². The lowest BCUT2D eigenvalue weighted by Crippen LogP contribution is -2.27. The predicted molar refractivity (Wildman–Crippen MR) is 100.0 cm³/mol. The van der Waals surface area contributed by atoms with Crippen molar-refractivity contribution in [3.8, 4) is 11.4 Å². The molecule has 0 aliphatic carbocycles. The van der Waals surface area contributed by atoms with E-state index >= 15 is 0 Å². The summed E-state index contributed by atoms with van der Waals surface area (Å²) < 4.78 is 28.9. The minimum Gasteiger partial charge on any atom is -0.341 e. The van der Waals surface area contributed by atoms with Gasteiger partial charge in [0.25, 0.3) is 0 Å². The van der Waals surface area contributed by atoms with Crippen LogP contribution in [0.3, 0.4) is 0 Å². The maximum absolute atomic E-state index is 13.9. The van der Waals surface area contributed by atoms with Crippen molar-refractivity contribution in [3.63, 3.8) is 0 Å². The van der Waals surface area contributed by atoms with Crippen LogP contribution in [0.5, 0.6) is 0 Å². The molecule has 1 aromatic heterocycles. The average molecular weight is 388 g/mol. The third kappa shape index (κ3) is 4.51. The monoisotopic (exact) mass is 388 g/mol. The van der Waals surface area contributed by atoms with Crippen molar-refractivity contribution < 1.29 is 13.6 Å². The summed E-state index contributed by atoms with van der Waals surface area (Å²) in [4.78, 5) is 13.9. The molecule has 3 rings (SSSR count). The van der Waals surface area contributed by atoms with Crippen molar-refractivity contribution in [1.82, 2.24) is 19.7 Å². The van der Waals surface area contributed by atoms with E-state index in [1.165, 1.54) is 34.9 Å². The number of nitrogens with zero attached hydrogens (tertiary/aromatic N) is 4. The summed E-state index contributed by atoms with van der Waals surface area (Å²) in [6.45, 7) is 0.316. The molecule has 0 atom stereocenters. The van der Waals surface area contributed by atoms with Crippen LogP contribution in [-0.4, -0.2) is 38.4 Å². The van der Waals surface area contributed by atoms with Gasteiger partial charge in [-0.15, -0.1) is 10.2 Å². The zero-order valence-corrected chi connectivity index (χ0v) is 15.7. The summed E-state index contributed by atoms with van der Waals surface area (Å²) in [5, 5.41) is 8.60. The molecule has 0 aliphatic heterocycles. The SMILES string of the molecule is CN(Cc1cccc(F)c1)C(=O)CSc1nnc(-c2ccccc2F)n1C. The first-order chi connectivity index (χ1) is 13.0. The normalized spacial score (nSPS) is 10.8. The first-order valence-corrected chi connectivity index (χ1v) is 9.19. The van der Waals surface area contributed by atoms with Gasteiger partial charge in [-0.3, -0.25) is 4.79 Å². The highest BCUT2D eigenvalue weighted by atomic mass is 32.2. The maximum Gasteiger partial charge on any atom is 0.233 e. The molecule has 0 saturated heterocycles. The number of carbonyl (C=O) groups is 1. The Labute approximate surface area is 160 Å². The fourth-order valence-corrected chi connectivity index (χ4v) is 3.40. The molecular formula is C19H18F2N4OS. The molecule has 0 saturated carbocycles. The molecule has 5 nitrogen and oxygen atoms in total. The molecule has 3 aromatic rings. The Hall–Kier alpha value is -2.74. The highest BCUT2D eigenvalue weighted by molar-refractivity contribution is 7.99. The van der Waals surface area contributed by atoms with Gasteiger partial charge < -0.3 is 9.47 Å². The van der Waals surface area contributed by atoms with E-state index in [0.717, 1.165) is 5.56 Å². The number of rotatable bonds is 6. The molecule has 8 heteroatoms. The Bertz CT molecular complexity index is 960. The molecule has 0 radical (unpaired) electrons. The Morgan fingerprint density at radius 1 is 1.15 bits per heavy atom. The van der Waals surface area contributed by atoms with E-state index in [1.54, 1.807) is 49.0 Å². The van der Waals surface area contributed by atoms with Gasteiger partial charge in [-0.2, -0.15) is 0 Å². The van der Waals surface area contributed by atoms with E-state index in [0.29, 0.717) is 23.1 Å². The fraction of sp³-hybridized carbons (Fsp3) is 0.211. The van der Waals surface area contributed by atoms with Crippen LogP contribution in [0, 0.1) is 11.6 Å². The van der Waals surface area contributed by atoms with Crippen LogP contribution < -0.4 is 0 Å². The van der Waals surface area contributed by atoms with Crippen LogP contribution in [0.2, 0.25) is 0 Å². The van der Waals surface area contributed by atoms with Gasteiger partial charge in [0.15, 0.2) is 11.0 Å². The Kier molecular flexibility index (Phi) is 5.85.